The molecule has 0 saturated heterocycles. The van der Waals surface area contributed by atoms with Gasteiger partial charge in [-0.05, 0) is 43.2 Å². The van der Waals surface area contributed by atoms with Crippen molar-refractivity contribution < 1.29 is 15.0 Å². The number of hydrogen-bond acceptors (Lipinski definition) is 8. The molecule has 0 aliphatic heterocycles. The monoisotopic (exact) mass is 429 g/mol. The number of aromatic nitrogens is 4. The molecule has 0 aromatic carbocycles. The van der Waals surface area contributed by atoms with Crippen LogP contribution in [-0.2, 0) is 4.79 Å². The fourth-order valence-corrected chi connectivity index (χ4v) is 5.38. The normalized spacial score (nSPS) is 30.1. The summed E-state index contributed by atoms with van der Waals surface area (Å²) in [4.78, 5) is 25.8. The predicted octanol–water partition coefficient (Wildman–Crippen LogP) is 1.39. The highest BCUT2D eigenvalue weighted by Crippen LogP contribution is 2.68. The van der Waals surface area contributed by atoms with Crippen LogP contribution in [0.3, 0.4) is 0 Å². The van der Waals surface area contributed by atoms with Gasteiger partial charge in [-0.15, -0.1) is 11.3 Å². The number of rotatable bonds is 2. The number of hydrogen-bond donors (Lipinski definition) is 3. The number of aliphatic hydroxyl groups is 2. The summed E-state index contributed by atoms with van der Waals surface area (Å²) in [7, 11) is 0. The van der Waals surface area contributed by atoms with Crippen LogP contribution in [0.25, 0.3) is 11.2 Å². The van der Waals surface area contributed by atoms with Crippen molar-refractivity contribution in [3.05, 3.63) is 33.5 Å². The fourth-order valence-electron chi connectivity index (χ4n) is 4.48. The largest absolute Gasteiger partial charge is 0.389 e. The zero-order valence-electron chi connectivity index (χ0n) is 15.2. The molecule has 0 spiro atoms. The van der Waals surface area contributed by atoms with Crippen molar-refractivity contribution in [2.75, 3.05) is 5.73 Å². The summed E-state index contributed by atoms with van der Waals surface area (Å²) in [6.45, 7) is 1.45. The standard InChI is InChI=1S/C19H16ClN5O3S/c1-8(26)19-6-10(19)14(15(27)16(19)28)25-7-22-13-17(21)23-12(24-18(13)25)5-3-9-2-4-11(20)29-9/h2,4,7,10,14-16,27-28H,6H2,1H3,(H2,21,23,24)/t10?,14-,15+,16?,19+/m1/s1. The molecule has 5 atom stereocenters. The second-order valence-electron chi connectivity index (χ2n) is 7.44. The zero-order chi connectivity index (χ0) is 20.5. The molecule has 2 aliphatic carbocycles. The van der Waals surface area contributed by atoms with Gasteiger partial charge in [0.2, 0.25) is 5.82 Å². The molecule has 2 unspecified atom stereocenters. The summed E-state index contributed by atoms with van der Waals surface area (Å²) >= 11 is 7.26. The maximum absolute atomic E-state index is 12.1. The van der Waals surface area contributed by atoms with E-state index in [2.05, 4.69) is 26.8 Å². The highest BCUT2D eigenvalue weighted by atomic mass is 35.5. The molecule has 0 amide bonds. The quantitative estimate of drug-likeness (QED) is 0.525. The van der Waals surface area contributed by atoms with Crippen molar-refractivity contribution in [1.82, 2.24) is 19.5 Å². The third-order valence-corrected chi connectivity index (χ3v) is 7.12. The molecule has 10 heteroatoms. The molecule has 2 aliphatic rings. The van der Waals surface area contributed by atoms with Crippen LogP contribution in [0, 0.1) is 23.2 Å². The molecule has 3 aromatic heterocycles. The number of Topliss-reactive ketones (excluding diaryl/α,β-unsaturated/α-hetero) is 1. The first kappa shape index (κ1) is 18.5. The second-order valence-corrected chi connectivity index (χ2v) is 9.16. The number of fused-ring (bicyclic) bond motifs is 2. The number of carbonyl (C=O) groups is 1. The van der Waals surface area contributed by atoms with Gasteiger partial charge < -0.3 is 20.5 Å². The number of imidazole rings is 1. The van der Waals surface area contributed by atoms with Gasteiger partial charge in [-0.25, -0.2) is 15.0 Å². The van der Waals surface area contributed by atoms with Crippen molar-refractivity contribution in [2.45, 2.75) is 31.6 Å². The molecule has 0 radical (unpaired) electrons. The van der Waals surface area contributed by atoms with Crippen molar-refractivity contribution in [3.63, 3.8) is 0 Å². The minimum atomic E-state index is -1.12. The number of nitrogens with zero attached hydrogens (tertiary/aromatic N) is 4. The fraction of sp³-hybridized carbons (Fsp3) is 0.368. The van der Waals surface area contributed by atoms with Crippen LogP contribution in [0.1, 0.15) is 30.1 Å². The van der Waals surface area contributed by atoms with Crippen LogP contribution in [0.15, 0.2) is 18.5 Å². The Hall–Kier alpha value is -2.51. The molecule has 148 valence electrons. The lowest BCUT2D eigenvalue weighted by Crippen LogP contribution is -2.36. The molecule has 3 heterocycles. The van der Waals surface area contributed by atoms with Gasteiger partial charge in [0.05, 0.1) is 33.1 Å². The number of aliphatic hydroxyl groups excluding tert-OH is 2. The van der Waals surface area contributed by atoms with Crippen molar-refractivity contribution in [2.24, 2.45) is 11.3 Å². The summed E-state index contributed by atoms with van der Waals surface area (Å²) in [5.41, 5.74) is 5.95. The molecule has 3 aromatic rings. The van der Waals surface area contributed by atoms with E-state index in [1.807, 2.05) is 0 Å². The van der Waals surface area contributed by atoms with Gasteiger partial charge >= 0.3 is 0 Å². The zero-order valence-corrected chi connectivity index (χ0v) is 16.8. The number of thiophene rings is 1. The summed E-state index contributed by atoms with van der Waals surface area (Å²) in [6, 6.07) is 3.04. The topological polar surface area (TPSA) is 127 Å². The maximum atomic E-state index is 12.1. The van der Waals surface area contributed by atoms with Crippen LogP contribution < -0.4 is 5.73 Å². The number of anilines is 1. The highest BCUT2D eigenvalue weighted by Gasteiger charge is 2.74. The minimum absolute atomic E-state index is 0.115. The molecule has 8 nitrogen and oxygen atoms in total. The summed E-state index contributed by atoms with van der Waals surface area (Å²) in [6.07, 6.45) is -0.179. The van der Waals surface area contributed by atoms with Gasteiger partial charge in [0.25, 0.3) is 0 Å². The first-order valence-corrected chi connectivity index (χ1v) is 10.2. The summed E-state index contributed by atoms with van der Waals surface area (Å²) in [5, 5.41) is 21.1. The Morgan fingerprint density at radius 2 is 2.17 bits per heavy atom. The van der Waals surface area contributed by atoms with E-state index in [4.69, 9.17) is 17.3 Å². The highest BCUT2D eigenvalue weighted by molar-refractivity contribution is 7.16. The number of carbonyl (C=O) groups excluding carboxylic acids is 1. The predicted molar refractivity (Wildman–Crippen MR) is 107 cm³/mol. The Kier molecular flexibility index (Phi) is 3.98. The van der Waals surface area contributed by atoms with Crippen LogP contribution in [0.4, 0.5) is 5.82 Å². The molecule has 4 N–H and O–H groups in total. The summed E-state index contributed by atoms with van der Waals surface area (Å²) in [5.74, 6) is 5.91. The van der Waals surface area contributed by atoms with Crippen LogP contribution in [-0.4, -0.2) is 47.7 Å². The smallest absolute Gasteiger partial charge is 0.209 e. The Morgan fingerprint density at radius 1 is 1.38 bits per heavy atom. The van der Waals surface area contributed by atoms with E-state index in [1.165, 1.54) is 24.6 Å². The lowest BCUT2D eigenvalue weighted by molar-refractivity contribution is -0.128. The van der Waals surface area contributed by atoms with Crippen LogP contribution >= 0.6 is 22.9 Å². The van der Waals surface area contributed by atoms with E-state index < -0.39 is 23.7 Å². The third kappa shape index (κ3) is 2.60. The number of nitrogens with two attached hydrogens (primary N) is 1. The molecule has 29 heavy (non-hydrogen) atoms. The van der Waals surface area contributed by atoms with Crippen molar-refractivity contribution in [1.29, 1.82) is 0 Å². The van der Waals surface area contributed by atoms with Crippen LogP contribution in [0.5, 0.6) is 0 Å². The molecule has 5 rings (SSSR count). The van der Waals surface area contributed by atoms with Gasteiger partial charge in [-0.3, -0.25) is 4.79 Å². The Labute approximate surface area is 174 Å². The lowest BCUT2D eigenvalue weighted by atomic mass is 9.95. The number of halogens is 1. The Morgan fingerprint density at radius 3 is 2.83 bits per heavy atom. The minimum Gasteiger partial charge on any atom is -0.389 e. The Bertz CT molecular complexity index is 1230. The molecular formula is C19H16ClN5O3S. The van der Waals surface area contributed by atoms with Crippen molar-refractivity contribution in [3.8, 4) is 11.8 Å². The van der Waals surface area contributed by atoms with Crippen LogP contribution in [0.2, 0.25) is 4.34 Å². The average Bonchev–Trinajstić information content (AvgIpc) is 2.93. The number of nitrogen functional groups attached to an aromatic ring is 1. The van der Waals surface area contributed by atoms with Gasteiger partial charge in [-0.2, -0.15) is 0 Å². The number of ketones is 1. The van der Waals surface area contributed by atoms with E-state index in [9.17, 15) is 15.0 Å². The van der Waals surface area contributed by atoms with E-state index in [1.54, 1.807) is 16.7 Å². The average molecular weight is 430 g/mol. The van der Waals surface area contributed by atoms with E-state index >= 15 is 0 Å². The van der Waals surface area contributed by atoms with E-state index in [-0.39, 0.29) is 23.3 Å². The van der Waals surface area contributed by atoms with Gasteiger partial charge in [-0.1, -0.05) is 11.6 Å². The first-order chi connectivity index (χ1) is 13.8. The van der Waals surface area contributed by atoms with Gasteiger partial charge in [0.15, 0.2) is 11.5 Å². The maximum Gasteiger partial charge on any atom is 0.209 e. The SMILES string of the molecule is CC(=O)[C@@]12CC1[C@@H](n1cnc3c(N)nc(C#Cc4ccc(Cl)s4)nc31)[C@H](O)C2O. The molecule has 2 saturated carbocycles. The van der Waals surface area contributed by atoms with Gasteiger partial charge in [0.1, 0.15) is 17.4 Å². The molecular weight excluding hydrogens is 414 g/mol. The second kappa shape index (κ2) is 6.24. The van der Waals surface area contributed by atoms with Crippen molar-refractivity contribution >= 4 is 45.7 Å². The summed E-state index contributed by atoms with van der Waals surface area (Å²) < 4.78 is 2.31. The molecule has 0 bridgehead atoms. The Balaban J connectivity index is 1.57. The molecule has 2 fully saturated rings. The first-order valence-electron chi connectivity index (χ1n) is 8.97. The van der Waals surface area contributed by atoms with E-state index in [0.717, 1.165) is 4.88 Å². The lowest BCUT2D eigenvalue weighted by Gasteiger charge is -2.23. The third-order valence-electron chi connectivity index (χ3n) is 5.97. The van der Waals surface area contributed by atoms with Gasteiger partial charge in [0, 0.05) is 0 Å². The van der Waals surface area contributed by atoms with E-state index in [0.29, 0.717) is 21.9 Å².